The van der Waals surface area contributed by atoms with Crippen LogP contribution in [-0.2, 0) is 6.54 Å². The molecule has 0 saturated carbocycles. The van der Waals surface area contributed by atoms with Crippen LogP contribution in [0.1, 0.15) is 12.0 Å². The van der Waals surface area contributed by atoms with Crippen LogP contribution in [0.25, 0.3) is 5.65 Å². The summed E-state index contributed by atoms with van der Waals surface area (Å²) in [6.07, 6.45) is 6.44. The van der Waals surface area contributed by atoms with Crippen LogP contribution in [-0.4, -0.2) is 36.1 Å². The third-order valence-electron chi connectivity index (χ3n) is 2.80. The molecule has 3 aromatic heterocycles. The van der Waals surface area contributed by atoms with Crippen LogP contribution < -0.4 is 5.32 Å². The predicted octanol–water partition coefficient (Wildman–Crippen LogP) is 1.13. The van der Waals surface area contributed by atoms with E-state index >= 15 is 0 Å². The predicted molar refractivity (Wildman–Crippen MR) is 70.9 cm³/mol. The molecule has 0 amide bonds. The molecule has 0 saturated heterocycles. The van der Waals surface area contributed by atoms with Crippen molar-refractivity contribution in [3.63, 3.8) is 0 Å². The molecular weight excluding hydrogens is 242 g/mol. The van der Waals surface area contributed by atoms with Gasteiger partial charge in [0.05, 0.1) is 6.20 Å². The van der Waals surface area contributed by atoms with Crippen LogP contribution in [0.4, 0.5) is 5.95 Å². The van der Waals surface area contributed by atoms with Gasteiger partial charge in [-0.3, -0.25) is 4.68 Å². The molecule has 0 aliphatic heterocycles. The summed E-state index contributed by atoms with van der Waals surface area (Å²) in [6, 6.07) is 3.99. The maximum absolute atomic E-state index is 4.39. The molecule has 0 aromatic carbocycles. The van der Waals surface area contributed by atoms with E-state index in [1.807, 2.05) is 36.1 Å². The van der Waals surface area contributed by atoms with Crippen molar-refractivity contribution in [3.8, 4) is 0 Å². The van der Waals surface area contributed by atoms with Gasteiger partial charge in [0.2, 0.25) is 5.95 Å². The molecule has 3 rings (SSSR count). The van der Waals surface area contributed by atoms with Gasteiger partial charge in [-0.25, -0.2) is 4.52 Å². The number of nitrogens with one attached hydrogen (secondary N) is 1. The highest BCUT2D eigenvalue weighted by molar-refractivity contribution is 5.43. The molecule has 3 aromatic rings. The summed E-state index contributed by atoms with van der Waals surface area (Å²) < 4.78 is 3.59. The lowest BCUT2D eigenvalue weighted by Gasteiger charge is -2.01. The second-order valence-corrected chi connectivity index (χ2v) is 4.39. The van der Waals surface area contributed by atoms with Gasteiger partial charge in [-0.2, -0.15) is 4.98 Å². The van der Waals surface area contributed by atoms with Crippen molar-refractivity contribution >= 4 is 11.6 Å². The Labute approximate surface area is 110 Å². The lowest BCUT2D eigenvalue weighted by molar-refractivity contribution is 0.569. The molecule has 0 unspecified atom stereocenters. The first-order chi connectivity index (χ1) is 9.31. The molecule has 98 valence electrons. The Kier molecular flexibility index (Phi) is 3.09. The monoisotopic (exact) mass is 257 g/mol. The number of hydrogen-bond donors (Lipinski definition) is 1. The Morgan fingerprint density at radius 2 is 2.26 bits per heavy atom. The van der Waals surface area contributed by atoms with Crippen molar-refractivity contribution in [3.05, 3.63) is 36.3 Å². The first kappa shape index (κ1) is 11.6. The summed E-state index contributed by atoms with van der Waals surface area (Å²) in [7, 11) is 0. The minimum absolute atomic E-state index is 0.657. The Hall–Kier alpha value is -2.44. The van der Waals surface area contributed by atoms with Gasteiger partial charge >= 0.3 is 0 Å². The Morgan fingerprint density at radius 1 is 1.32 bits per heavy atom. The zero-order valence-corrected chi connectivity index (χ0v) is 10.7. The van der Waals surface area contributed by atoms with Gasteiger partial charge in [-0.05, 0) is 25.0 Å². The number of rotatable bonds is 5. The number of hydrogen-bond acceptors (Lipinski definition) is 5. The van der Waals surface area contributed by atoms with E-state index in [0.717, 1.165) is 30.7 Å². The van der Waals surface area contributed by atoms with Crippen LogP contribution in [0.15, 0.2) is 30.7 Å². The first-order valence-electron chi connectivity index (χ1n) is 6.22. The van der Waals surface area contributed by atoms with E-state index in [0.29, 0.717) is 5.95 Å². The summed E-state index contributed by atoms with van der Waals surface area (Å²) in [5.41, 5.74) is 2.01. The van der Waals surface area contributed by atoms with E-state index < -0.39 is 0 Å². The van der Waals surface area contributed by atoms with E-state index in [1.165, 1.54) is 0 Å². The highest BCUT2D eigenvalue weighted by Gasteiger charge is 2.02. The fraction of sp³-hybridized carbons (Fsp3) is 0.333. The summed E-state index contributed by atoms with van der Waals surface area (Å²) in [4.78, 5) is 4.39. The SMILES string of the molecule is Cc1ccc2nc(NCCCn3ccnn3)nn2c1. The first-order valence-corrected chi connectivity index (χ1v) is 6.22. The topological polar surface area (TPSA) is 72.9 Å². The summed E-state index contributed by atoms with van der Waals surface area (Å²) in [5, 5.41) is 15.2. The van der Waals surface area contributed by atoms with Crippen molar-refractivity contribution in [2.75, 3.05) is 11.9 Å². The van der Waals surface area contributed by atoms with Crippen LogP contribution in [0.3, 0.4) is 0 Å². The molecular formula is C12H15N7. The molecule has 0 atom stereocenters. The lowest BCUT2D eigenvalue weighted by Crippen LogP contribution is -2.08. The number of aryl methyl sites for hydroxylation is 2. The Balaban J connectivity index is 1.56. The fourth-order valence-corrected chi connectivity index (χ4v) is 1.85. The maximum Gasteiger partial charge on any atom is 0.243 e. The van der Waals surface area contributed by atoms with E-state index in [1.54, 1.807) is 10.7 Å². The molecule has 0 bridgehead atoms. The number of pyridine rings is 1. The molecule has 0 aliphatic rings. The van der Waals surface area contributed by atoms with Crippen LogP contribution in [0.2, 0.25) is 0 Å². The normalized spacial score (nSPS) is 11.0. The van der Waals surface area contributed by atoms with Gasteiger partial charge < -0.3 is 5.32 Å². The highest BCUT2D eigenvalue weighted by atomic mass is 15.4. The fourth-order valence-electron chi connectivity index (χ4n) is 1.85. The van der Waals surface area contributed by atoms with Crippen molar-refractivity contribution < 1.29 is 0 Å². The molecule has 0 radical (unpaired) electrons. The summed E-state index contributed by atoms with van der Waals surface area (Å²) in [6.45, 7) is 3.67. The molecule has 0 aliphatic carbocycles. The third-order valence-corrected chi connectivity index (χ3v) is 2.80. The van der Waals surface area contributed by atoms with Crippen LogP contribution in [0.5, 0.6) is 0 Å². The van der Waals surface area contributed by atoms with Gasteiger partial charge in [0.1, 0.15) is 0 Å². The Morgan fingerprint density at radius 3 is 3.11 bits per heavy atom. The van der Waals surface area contributed by atoms with Crippen molar-refractivity contribution in [2.45, 2.75) is 19.9 Å². The minimum Gasteiger partial charge on any atom is -0.353 e. The van der Waals surface area contributed by atoms with Crippen LogP contribution >= 0.6 is 0 Å². The second kappa shape index (κ2) is 5.05. The van der Waals surface area contributed by atoms with E-state index in [-0.39, 0.29) is 0 Å². The Bertz CT molecular complexity index is 656. The number of nitrogens with zero attached hydrogens (tertiary/aromatic N) is 6. The van der Waals surface area contributed by atoms with E-state index in [2.05, 4.69) is 25.7 Å². The van der Waals surface area contributed by atoms with Crippen LogP contribution in [0, 0.1) is 6.92 Å². The summed E-state index contributed by atoms with van der Waals surface area (Å²) in [5.74, 6) is 0.657. The lowest BCUT2D eigenvalue weighted by atomic mass is 10.3. The quantitative estimate of drug-likeness (QED) is 0.694. The minimum atomic E-state index is 0.657. The number of fused-ring (bicyclic) bond motifs is 1. The van der Waals surface area contributed by atoms with Crippen molar-refractivity contribution in [1.82, 2.24) is 29.6 Å². The largest absolute Gasteiger partial charge is 0.353 e. The zero-order valence-electron chi connectivity index (χ0n) is 10.7. The van der Waals surface area contributed by atoms with Crippen molar-refractivity contribution in [1.29, 1.82) is 0 Å². The van der Waals surface area contributed by atoms with Crippen molar-refractivity contribution in [2.24, 2.45) is 0 Å². The molecule has 3 heterocycles. The average molecular weight is 257 g/mol. The van der Waals surface area contributed by atoms with Gasteiger partial charge in [0.15, 0.2) is 5.65 Å². The molecule has 7 nitrogen and oxygen atoms in total. The second-order valence-electron chi connectivity index (χ2n) is 4.39. The molecule has 1 N–H and O–H groups in total. The highest BCUT2D eigenvalue weighted by Crippen LogP contribution is 2.06. The zero-order chi connectivity index (χ0) is 13.1. The van der Waals surface area contributed by atoms with E-state index in [9.17, 15) is 0 Å². The standard InChI is InChI=1S/C12H15N7/c1-10-3-4-11-15-12(16-19(11)9-10)13-5-2-7-18-8-6-14-17-18/h3-4,6,8-9H,2,5,7H2,1H3,(H,13,16). The average Bonchev–Trinajstić information content (AvgIpc) is 3.02. The molecule has 0 spiro atoms. The number of aromatic nitrogens is 6. The summed E-state index contributed by atoms with van der Waals surface area (Å²) >= 11 is 0. The third kappa shape index (κ3) is 2.70. The van der Waals surface area contributed by atoms with Gasteiger partial charge in [-0.1, -0.05) is 11.3 Å². The maximum atomic E-state index is 4.39. The van der Waals surface area contributed by atoms with Gasteiger partial charge in [-0.15, -0.1) is 10.2 Å². The molecule has 19 heavy (non-hydrogen) atoms. The smallest absolute Gasteiger partial charge is 0.243 e. The van der Waals surface area contributed by atoms with Gasteiger partial charge in [0.25, 0.3) is 0 Å². The molecule has 0 fully saturated rings. The van der Waals surface area contributed by atoms with E-state index in [4.69, 9.17) is 0 Å². The molecule has 7 heteroatoms. The number of anilines is 1. The van der Waals surface area contributed by atoms with Gasteiger partial charge in [0, 0.05) is 25.5 Å².